The third-order valence-corrected chi connectivity index (χ3v) is 3.60. The first kappa shape index (κ1) is 14.2. The van der Waals surface area contributed by atoms with E-state index in [1.54, 1.807) is 6.92 Å². The van der Waals surface area contributed by atoms with Gasteiger partial charge in [0.15, 0.2) is 0 Å². The number of rotatable bonds is 3. The summed E-state index contributed by atoms with van der Waals surface area (Å²) in [5.74, 6) is -1.37. The maximum absolute atomic E-state index is 12.6. The summed E-state index contributed by atoms with van der Waals surface area (Å²) < 4.78 is 0. The lowest BCUT2D eigenvalue weighted by atomic mass is 9.97. The Labute approximate surface area is 118 Å². The number of benzene rings is 1. The Morgan fingerprint density at radius 1 is 1.35 bits per heavy atom. The molecule has 1 N–H and O–H groups in total. The van der Waals surface area contributed by atoms with Gasteiger partial charge in [0.1, 0.15) is 12.6 Å². The molecule has 0 bridgehead atoms. The lowest BCUT2D eigenvalue weighted by molar-refractivity contribution is -0.150. The van der Waals surface area contributed by atoms with Crippen LogP contribution in [0.5, 0.6) is 0 Å². The van der Waals surface area contributed by atoms with E-state index in [0.717, 1.165) is 5.56 Å². The summed E-state index contributed by atoms with van der Waals surface area (Å²) in [7, 11) is 0. The first-order valence-electron chi connectivity index (χ1n) is 6.73. The molecule has 0 spiro atoms. The summed E-state index contributed by atoms with van der Waals surface area (Å²) in [6.07, 6.45) is 0.492. The zero-order chi connectivity index (χ0) is 14.7. The molecule has 1 aliphatic rings. The fourth-order valence-corrected chi connectivity index (χ4v) is 2.44. The van der Waals surface area contributed by atoms with Crippen LogP contribution in [0.15, 0.2) is 30.3 Å². The van der Waals surface area contributed by atoms with Gasteiger partial charge < -0.3 is 4.90 Å². The highest BCUT2D eigenvalue weighted by Gasteiger charge is 2.37. The second-order valence-corrected chi connectivity index (χ2v) is 4.93. The predicted octanol–water partition coefficient (Wildman–Crippen LogP) is 1.05. The van der Waals surface area contributed by atoms with Gasteiger partial charge in [-0.25, -0.2) is 0 Å². The highest BCUT2D eigenvalue weighted by Crippen LogP contribution is 2.21. The Hall–Kier alpha value is -2.17. The molecule has 5 nitrogen and oxygen atoms in total. The predicted molar refractivity (Wildman–Crippen MR) is 73.8 cm³/mol. The normalized spacial score (nSPS) is 20.5. The quantitative estimate of drug-likeness (QED) is 0.838. The molecule has 0 aliphatic carbocycles. The third kappa shape index (κ3) is 2.71. The highest BCUT2D eigenvalue weighted by atomic mass is 16.2. The maximum atomic E-state index is 12.6. The van der Waals surface area contributed by atoms with Gasteiger partial charge in [-0.05, 0) is 18.9 Å². The van der Waals surface area contributed by atoms with E-state index in [9.17, 15) is 14.4 Å². The zero-order valence-corrected chi connectivity index (χ0v) is 11.6. The van der Waals surface area contributed by atoms with Crippen LogP contribution in [0.25, 0.3) is 0 Å². The zero-order valence-electron chi connectivity index (χ0n) is 11.6. The number of nitrogens with zero attached hydrogens (tertiary/aromatic N) is 1. The molecule has 1 heterocycles. The maximum Gasteiger partial charge on any atom is 0.249 e. The number of amides is 3. The number of piperazine rings is 1. The average molecular weight is 274 g/mol. The van der Waals surface area contributed by atoms with Crippen LogP contribution >= 0.6 is 0 Å². The summed E-state index contributed by atoms with van der Waals surface area (Å²) in [5, 5.41) is 2.27. The van der Waals surface area contributed by atoms with Crippen LogP contribution < -0.4 is 5.32 Å². The Morgan fingerprint density at radius 3 is 2.60 bits per heavy atom. The summed E-state index contributed by atoms with van der Waals surface area (Å²) in [5.41, 5.74) is 0.880. The summed E-state index contributed by atoms with van der Waals surface area (Å²) >= 11 is 0. The van der Waals surface area contributed by atoms with Gasteiger partial charge in [0.05, 0.1) is 5.92 Å². The van der Waals surface area contributed by atoms with E-state index < -0.39 is 17.9 Å². The van der Waals surface area contributed by atoms with E-state index in [-0.39, 0.29) is 18.4 Å². The van der Waals surface area contributed by atoms with Gasteiger partial charge in [-0.1, -0.05) is 37.3 Å². The Kier molecular flexibility index (Phi) is 4.17. The van der Waals surface area contributed by atoms with Crippen molar-refractivity contribution in [3.8, 4) is 0 Å². The molecule has 1 saturated heterocycles. The Balaban J connectivity index is 2.22. The van der Waals surface area contributed by atoms with Crippen molar-refractivity contribution in [3.05, 3.63) is 35.9 Å². The van der Waals surface area contributed by atoms with Crippen LogP contribution in [0.1, 0.15) is 31.7 Å². The molecular formula is C15H18N2O3. The molecule has 1 aliphatic heterocycles. The van der Waals surface area contributed by atoms with Crippen LogP contribution in [-0.4, -0.2) is 35.2 Å². The van der Waals surface area contributed by atoms with Gasteiger partial charge in [-0.15, -0.1) is 0 Å². The van der Waals surface area contributed by atoms with Crippen LogP contribution in [0.3, 0.4) is 0 Å². The second kappa shape index (κ2) is 5.86. The van der Waals surface area contributed by atoms with Gasteiger partial charge in [-0.3, -0.25) is 19.7 Å². The highest BCUT2D eigenvalue weighted by molar-refractivity contribution is 6.04. The molecule has 1 fully saturated rings. The molecule has 2 unspecified atom stereocenters. The van der Waals surface area contributed by atoms with E-state index in [4.69, 9.17) is 0 Å². The van der Waals surface area contributed by atoms with Crippen molar-refractivity contribution in [2.45, 2.75) is 32.2 Å². The SMILES string of the molecule is CCC1C(=O)NC(=O)CN1C(=O)C(C)c1ccccc1. The monoisotopic (exact) mass is 274 g/mol. The molecule has 20 heavy (non-hydrogen) atoms. The lowest BCUT2D eigenvalue weighted by Gasteiger charge is -2.35. The molecule has 0 aromatic heterocycles. The standard InChI is InChI=1S/C15H18N2O3/c1-3-12-14(19)16-13(18)9-17(12)15(20)10(2)11-7-5-4-6-8-11/h4-8,10,12H,3,9H2,1-2H3,(H,16,18,19). The van der Waals surface area contributed by atoms with Crippen molar-refractivity contribution >= 4 is 17.7 Å². The number of hydrogen-bond acceptors (Lipinski definition) is 3. The van der Waals surface area contributed by atoms with Crippen LogP contribution in [-0.2, 0) is 14.4 Å². The minimum absolute atomic E-state index is 0.0553. The first-order chi connectivity index (χ1) is 9.54. The van der Waals surface area contributed by atoms with Crippen molar-refractivity contribution in [1.82, 2.24) is 10.2 Å². The fourth-order valence-electron chi connectivity index (χ4n) is 2.44. The summed E-state index contributed by atoms with van der Waals surface area (Å²) in [6.45, 7) is 3.56. The smallest absolute Gasteiger partial charge is 0.249 e. The molecule has 1 aromatic carbocycles. The number of nitrogens with one attached hydrogen (secondary N) is 1. The molecule has 1 aromatic rings. The molecule has 2 atom stereocenters. The van der Waals surface area contributed by atoms with Crippen molar-refractivity contribution in [1.29, 1.82) is 0 Å². The van der Waals surface area contributed by atoms with Gasteiger partial charge in [0.25, 0.3) is 0 Å². The van der Waals surface area contributed by atoms with E-state index in [1.807, 2.05) is 37.3 Å². The number of imide groups is 1. The van der Waals surface area contributed by atoms with Crippen molar-refractivity contribution in [3.63, 3.8) is 0 Å². The Bertz CT molecular complexity index is 527. The van der Waals surface area contributed by atoms with E-state index in [1.165, 1.54) is 4.90 Å². The molecule has 2 rings (SSSR count). The average Bonchev–Trinajstić information content (AvgIpc) is 2.46. The number of hydrogen-bond donors (Lipinski definition) is 1. The fraction of sp³-hybridized carbons (Fsp3) is 0.400. The molecule has 5 heteroatoms. The largest absolute Gasteiger partial charge is 0.321 e. The first-order valence-corrected chi connectivity index (χ1v) is 6.73. The minimum Gasteiger partial charge on any atom is -0.321 e. The summed E-state index contributed by atoms with van der Waals surface area (Å²) in [6, 6.07) is 8.79. The van der Waals surface area contributed by atoms with Gasteiger partial charge in [-0.2, -0.15) is 0 Å². The molecular weight excluding hydrogens is 256 g/mol. The third-order valence-electron chi connectivity index (χ3n) is 3.60. The lowest BCUT2D eigenvalue weighted by Crippen LogP contribution is -2.60. The summed E-state index contributed by atoms with van der Waals surface area (Å²) in [4.78, 5) is 37.2. The van der Waals surface area contributed by atoms with Crippen LogP contribution in [0, 0.1) is 0 Å². The van der Waals surface area contributed by atoms with E-state index in [2.05, 4.69) is 5.32 Å². The molecule has 0 saturated carbocycles. The Morgan fingerprint density at radius 2 is 2.00 bits per heavy atom. The van der Waals surface area contributed by atoms with E-state index >= 15 is 0 Å². The number of carbonyl (C=O) groups is 3. The van der Waals surface area contributed by atoms with E-state index in [0.29, 0.717) is 6.42 Å². The number of carbonyl (C=O) groups excluding carboxylic acids is 3. The molecule has 3 amide bonds. The van der Waals surface area contributed by atoms with Crippen molar-refractivity contribution < 1.29 is 14.4 Å². The van der Waals surface area contributed by atoms with Crippen molar-refractivity contribution in [2.24, 2.45) is 0 Å². The van der Waals surface area contributed by atoms with Gasteiger partial charge >= 0.3 is 0 Å². The topological polar surface area (TPSA) is 66.5 Å². The van der Waals surface area contributed by atoms with Gasteiger partial charge in [0, 0.05) is 0 Å². The van der Waals surface area contributed by atoms with Crippen molar-refractivity contribution in [2.75, 3.05) is 6.54 Å². The van der Waals surface area contributed by atoms with Crippen LogP contribution in [0.2, 0.25) is 0 Å². The minimum atomic E-state index is -0.564. The van der Waals surface area contributed by atoms with Gasteiger partial charge in [0.2, 0.25) is 17.7 Å². The van der Waals surface area contributed by atoms with Crippen LogP contribution in [0.4, 0.5) is 0 Å². The second-order valence-electron chi connectivity index (χ2n) is 4.93. The molecule has 0 radical (unpaired) electrons. The molecule has 106 valence electrons.